The van der Waals surface area contributed by atoms with E-state index in [0.717, 1.165) is 92.2 Å². The number of carbonyl (C=O) groups excluding carboxylic acids is 4. The summed E-state index contributed by atoms with van der Waals surface area (Å²) in [7, 11) is 2.07. The van der Waals surface area contributed by atoms with Gasteiger partial charge in [-0.1, -0.05) is 18.2 Å². The third-order valence-electron chi connectivity index (χ3n) is 14.4. The van der Waals surface area contributed by atoms with Crippen molar-refractivity contribution in [3.05, 3.63) is 119 Å². The number of hydrogen-bond donors (Lipinski definition) is 3. The molecule has 0 spiro atoms. The van der Waals surface area contributed by atoms with E-state index >= 15 is 4.39 Å². The number of nitrogens with one attached hydrogen (secondary N) is 3. The zero-order valence-corrected chi connectivity index (χ0v) is 40.8. The van der Waals surface area contributed by atoms with Crippen LogP contribution in [-0.2, 0) is 47.6 Å². The lowest BCUT2D eigenvalue weighted by Crippen LogP contribution is -2.47. The molecule has 0 aliphatic carbocycles. The number of fused-ring (bicyclic) bond motifs is 2. The van der Waals surface area contributed by atoms with E-state index in [-0.39, 0.29) is 35.9 Å². The molecule has 0 radical (unpaired) electrons. The van der Waals surface area contributed by atoms with E-state index in [1.165, 1.54) is 17.3 Å². The van der Waals surface area contributed by atoms with Crippen molar-refractivity contribution in [1.29, 1.82) is 0 Å². The third-order valence-corrected chi connectivity index (χ3v) is 14.4. The van der Waals surface area contributed by atoms with Gasteiger partial charge in [0.1, 0.15) is 34.7 Å². The van der Waals surface area contributed by atoms with Gasteiger partial charge >= 0.3 is 6.09 Å². The number of aromatic nitrogens is 6. The average Bonchev–Trinajstić information content (AvgIpc) is 3.91. The number of aryl methyl sites for hydroxylation is 1. The predicted octanol–water partition coefficient (Wildman–Crippen LogP) is 7.35. The first kappa shape index (κ1) is 47.6. The van der Waals surface area contributed by atoms with Crippen LogP contribution in [0.4, 0.5) is 20.7 Å². The first-order valence-electron chi connectivity index (χ1n) is 24.8. The molecule has 4 amide bonds. The number of nitrogens with zero attached hydrogens (tertiary/aromatic N) is 9. The minimum absolute atomic E-state index is 0.00709. The van der Waals surface area contributed by atoms with E-state index in [2.05, 4.69) is 75.3 Å². The van der Waals surface area contributed by atoms with Crippen molar-refractivity contribution >= 4 is 46.4 Å². The molecule has 71 heavy (non-hydrogen) atoms. The molecule has 0 bridgehead atoms. The second-order valence-corrected chi connectivity index (χ2v) is 20.4. The Balaban J connectivity index is 0.683. The molecule has 3 saturated heterocycles. The summed E-state index contributed by atoms with van der Waals surface area (Å²) < 4.78 is 25.0. The minimum Gasteiger partial charge on any atom is -0.444 e. The number of imide groups is 1. The van der Waals surface area contributed by atoms with Crippen molar-refractivity contribution < 1.29 is 28.3 Å². The highest BCUT2D eigenvalue weighted by Gasteiger charge is 2.31. The summed E-state index contributed by atoms with van der Waals surface area (Å²) in [5.41, 5.74) is 6.58. The molecule has 370 valence electrons. The number of benzene rings is 2. The molecule has 4 aliphatic heterocycles. The highest BCUT2D eigenvalue weighted by atomic mass is 19.1. The van der Waals surface area contributed by atoms with Gasteiger partial charge in [-0.3, -0.25) is 34.8 Å². The van der Waals surface area contributed by atoms with Gasteiger partial charge in [0.25, 0.3) is 5.91 Å². The van der Waals surface area contributed by atoms with Crippen LogP contribution in [0.1, 0.15) is 110 Å². The molecule has 18 heteroatoms. The molecule has 2 aromatic carbocycles. The Labute approximate surface area is 412 Å². The van der Waals surface area contributed by atoms with Crippen molar-refractivity contribution in [2.24, 2.45) is 7.05 Å². The largest absolute Gasteiger partial charge is 0.444 e. The summed E-state index contributed by atoms with van der Waals surface area (Å²) in [5.74, 6) is 1.61. The maximum atomic E-state index is 15.3. The smallest absolute Gasteiger partial charge is 0.413 e. The van der Waals surface area contributed by atoms with Crippen molar-refractivity contribution in [3.63, 3.8) is 0 Å². The molecule has 1 atom stereocenters. The topological polar surface area (TPSA) is 185 Å². The SMILES string of the molecule is Cn1c(CN2CCC(c3ccc(C(=O)N4CCn5c(CN6CCC(c7ccc(NC8CCC(=O)NC8=O)cc7F)CC6)nnc5C4)cc3)CC2)cc2c(-c3ccc(NC(=O)OC(C)(C)C)nc3)ccnc21. The van der Waals surface area contributed by atoms with Crippen LogP contribution in [-0.4, -0.2) is 112 Å². The number of anilines is 2. The van der Waals surface area contributed by atoms with Crippen molar-refractivity contribution in [2.45, 2.75) is 109 Å². The van der Waals surface area contributed by atoms with Crippen LogP contribution >= 0.6 is 0 Å². The lowest BCUT2D eigenvalue weighted by molar-refractivity contribution is -0.133. The van der Waals surface area contributed by atoms with Gasteiger partial charge in [-0.15, -0.1) is 10.2 Å². The summed E-state index contributed by atoms with van der Waals surface area (Å²) in [5, 5.41) is 18.2. The second-order valence-electron chi connectivity index (χ2n) is 20.4. The number of pyridine rings is 2. The fourth-order valence-corrected chi connectivity index (χ4v) is 10.5. The molecular weight excluding hydrogens is 904 g/mol. The van der Waals surface area contributed by atoms with Crippen LogP contribution in [0.5, 0.6) is 0 Å². The first-order valence-corrected chi connectivity index (χ1v) is 24.8. The van der Waals surface area contributed by atoms with E-state index in [0.29, 0.717) is 61.1 Å². The van der Waals surface area contributed by atoms with Crippen molar-refractivity contribution in [2.75, 3.05) is 43.4 Å². The highest BCUT2D eigenvalue weighted by Crippen LogP contribution is 2.35. The van der Waals surface area contributed by atoms with Crippen LogP contribution in [0.25, 0.3) is 22.2 Å². The molecule has 6 aromatic rings. The summed E-state index contributed by atoms with van der Waals surface area (Å²) in [6.45, 7) is 12.0. The van der Waals surface area contributed by atoms with Crippen molar-refractivity contribution in [1.82, 2.24) is 49.3 Å². The molecule has 4 aromatic heterocycles. The number of amides is 4. The fourth-order valence-electron chi connectivity index (χ4n) is 10.5. The molecule has 0 saturated carbocycles. The summed E-state index contributed by atoms with van der Waals surface area (Å²) in [6, 6.07) is 20.6. The minimum atomic E-state index is -0.601. The first-order chi connectivity index (χ1) is 34.2. The molecule has 1 unspecified atom stereocenters. The van der Waals surface area contributed by atoms with Crippen LogP contribution in [0.15, 0.2) is 79.1 Å². The number of piperidine rings is 3. The van der Waals surface area contributed by atoms with E-state index < -0.39 is 17.7 Å². The number of hydrogen-bond acceptors (Lipinski definition) is 12. The second kappa shape index (κ2) is 20.0. The van der Waals surface area contributed by atoms with Crippen LogP contribution in [0.2, 0.25) is 0 Å². The zero-order valence-electron chi connectivity index (χ0n) is 40.8. The Bertz CT molecular complexity index is 2950. The Morgan fingerprint density at radius 3 is 2.28 bits per heavy atom. The van der Waals surface area contributed by atoms with Crippen LogP contribution in [0.3, 0.4) is 0 Å². The van der Waals surface area contributed by atoms with Gasteiger partial charge in [-0.05, 0) is 156 Å². The van der Waals surface area contributed by atoms with E-state index in [4.69, 9.17) is 9.72 Å². The Kier molecular flexibility index (Phi) is 13.4. The van der Waals surface area contributed by atoms with Crippen LogP contribution < -0.4 is 16.0 Å². The maximum absolute atomic E-state index is 15.3. The van der Waals surface area contributed by atoms with Gasteiger partial charge in [-0.25, -0.2) is 19.2 Å². The highest BCUT2D eigenvalue weighted by molar-refractivity contribution is 6.01. The monoisotopic (exact) mass is 964 g/mol. The Morgan fingerprint density at radius 2 is 1.58 bits per heavy atom. The molecule has 3 fully saturated rings. The Morgan fingerprint density at radius 1 is 0.831 bits per heavy atom. The number of ether oxygens (including phenoxy) is 1. The standard InChI is InChI=1S/C53H61FN12O5/c1-53(2,3)71-52(70)58-45-13-9-37(29-56-45)40-15-20-55-49-42(40)28-39(62(49)4)30-63-21-16-34(17-22-63)33-5-7-36(8-6-33)51(69)65-25-26-66-46(60-61-47(66)32-65)31-64-23-18-35(19-24-64)41-11-10-38(27-43(41)54)57-44-12-14-48(67)59-50(44)68/h5-11,13,15,20,27-29,34-35,44,57H,12,14,16-19,21-26,30-32H2,1-4H3,(H,56,58,70)(H,59,67,68). The van der Waals surface area contributed by atoms with E-state index in [1.54, 1.807) is 12.3 Å². The third kappa shape index (κ3) is 10.7. The normalized spacial score (nSPS) is 18.6. The molecule has 3 N–H and O–H groups in total. The molecule has 17 nitrogen and oxygen atoms in total. The fraction of sp³-hybridized carbons (Fsp3) is 0.434. The Hall–Kier alpha value is -7.05. The van der Waals surface area contributed by atoms with Crippen molar-refractivity contribution in [3.8, 4) is 11.1 Å². The van der Waals surface area contributed by atoms with Gasteiger partial charge in [0.2, 0.25) is 11.8 Å². The number of likely N-dealkylation sites (tertiary alicyclic amines) is 2. The molecule has 4 aliphatic rings. The lowest BCUT2D eigenvalue weighted by Gasteiger charge is -2.33. The maximum Gasteiger partial charge on any atom is 0.413 e. The summed E-state index contributed by atoms with van der Waals surface area (Å²) in [4.78, 5) is 65.6. The van der Waals surface area contributed by atoms with Gasteiger partial charge in [0.15, 0.2) is 5.82 Å². The van der Waals surface area contributed by atoms with E-state index in [9.17, 15) is 19.2 Å². The number of carbonyl (C=O) groups is 4. The predicted molar refractivity (Wildman–Crippen MR) is 266 cm³/mol. The van der Waals surface area contributed by atoms with Gasteiger partial charge in [0, 0.05) is 73.4 Å². The quantitative estimate of drug-likeness (QED) is 0.110. The van der Waals surface area contributed by atoms with Gasteiger partial charge in [0.05, 0.1) is 13.1 Å². The molecule has 8 heterocycles. The summed E-state index contributed by atoms with van der Waals surface area (Å²) in [6.07, 6.45) is 7.34. The van der Waals surface area contributed by atoms with E-state index in [1.807, 2.05) is 68.3 Å². The number of halogens is 1. The van der Waals surface area contributed by atoms with Gasteiger partial charge < -0.3 is 24.1 Å². The lowest BCUT2D eigenvalue weighted by atomic mass is 9.89. The van der Waals surface area contributed by atoms with Crippen LogP contribution in [0, 0.1) is 5.82 Å². The van der Waals surface area contributed by atoms with Gasteiger partial charge in [-0.2, -0.15) is 0 Å². The molecule has 10 rings (SSSR count). The summed E-state index contributed by atoms with van der Waals surface area (Å²) >= 11 is 0. The molecular formula is C53H61FN12O5. The zero-order chi connectivity index (χ0) is 49.4. The number of rotatable bonds is 11. The average molecular weight is 965 g/mol.